The summed E-state index contributed by atoms with van der Waals surface area (Å²) in [6.07, 6.45) is 4.25. The molecule has 0 atom stereocenters. The number of hydrogen-bond donors (Lipinski definition) is 0. The molecule has 0 unspecified atom stereocenters. The van der Waals surface area contributed by atoms with Crippen LogP contribution >= 0.6 is 0 Å². The minimum atomic E-state index is -0.287. The molecule has 3 aromatic heterocycles. The van der Waals surface area contributed by atoms with Crippen LogP contribution in [0.2, 0.25) is 0 Å². The first-order valence-electron chi connectivity index (χ1n) is 8.71. The average molecular weight is 373 g/mol. The molecule has 0 aliphatic rings. The van der Waals surface area contributed by atoms with Gasteiger partial charge in [0.15, 0.2) is 5.65 Å². The number of methoxy groups -OCH3 is 1. The summed E-state index contributed by atoms with van der Waals surface area (Å²) in [5.41, 5.74) is 3.89. The minimum absolute atomic E-state index is 0.287. The zero-order valence-corrected chi connectivity index (χ0v) is 15.1. The van der Waals surface area contributed by atoms with E-state index in [4.69, 9.17) is 4.74 Å². The Morgan fingerprint density at radius 3 is 2.82 bits per heavy atom. The Bertz CT molecular complexity index is 1200. The van der Waals surface area contributed by atoms with Crippen LogP contribution in [0.15, 0.2) is 55.0 Å². The third-order valence-corrected chi connectivity index (χ3v) is 4.67. The summed E-state index contributed by atoms with van der Waals surface area (Å²) in [5.74, 6) is 0.246. The number of benzene rings is 1. The predicted octanol–water partition coefficient (Wildman–Crippen LogP) is 3.60. The molecule has 7 heteroatoms. The maximum atomic E-state index is 14.2. The smallest absolute Gasteiger partial charge is 0.168 e. The number of fused-ring (bicyclic) bond motifs is 1. The molecule has 0 aliphatic carbocycles. The van der Waals surface area contributed by atoms with Gasteiger partial charge in [-0.1, -0.05) is 6.07 Å². The second kappa shape index (κ2) is 7.45. The van der Waals surface area contributed by atoms with Crippen LogP contribution in [0, 0.1) is 17.1 Å². The fourth-order valence-corrected chi connectivity index (χ4v) is 3.31. The first-order chi connectivity index (χ1) is 13.7. The van der Waals surface area contributed by atoms with Gasteiger partial charge in [-0.25, -0.2) is 9.37 Å². The Morgan fingerprint density at radius 2 is 2.00 bits per heavy atom. The number of pyridine rings is 2. The zero-order valence-electron chi connectivity index (χ0n) is 15.1. The quantitative estimate of drug-likeness (QED) is 0.534. The van der Waals surface area contributed by atoms with E-state index in [0.29, 0.717) is 41.1 Å². The van der Waals surface area contributed by atoms with Crippen LogP contribution in [0.3, 0.4) is 0 Å². The lowest BCUT2D eigenvalue weighted by molar-refractivity contribution is 0.404. The van der Waals surface area contributed by atoms with Crippen molar-refractivity contribution in [3.8, 4) is 22.9 Å². The third kappa shape index (κ3) is 3.05. The summed E-state index contributed by atoms with van der Waals surface area (Å²) in [6.45, 7) is 0. The van der Waals surface area contributed by atoms with Gasteiger partial charge < -0.3 is 4.74 Å². The molecule has 0 radical (unpaired) electrons. The van der Waals surface area contributed by atoms with Gasteiger partial charge in [-0.3, -0.25) is 4.40 Å². The van der Waals surface area contributed by atoms with Gasteiger partial charge in [0.1, 0.15) is 29.7 Å². The first-order valence-corrected chi connectivity index (χ1v) is 8.71. The van der Waals surface area contributed by atoms with Crippen LogP contribution in [0.1, 0.15) is 17.0 Å². The third-order valence-electron chi connectivity index (χ3n) is 4.67. The number of halogens is 1. The molecule has 28 heavy (non-hydrogen) atoms. The van der Waals surface area contributed by atoms with Gasteiger partial charge >= 0.3 is 0 Å². The average Bonchev–Trinajstić information content (AvgIpc) is 3.22. The number of aromatic nitrogens is 4. The van der Waals surface area contributed by atoms with Crippen LogP contribution in [-0.2, 0) is 12.8 Å². The SMILES string of the molecule is COc1cccc(F)c1CCc1ccc(-c2cccnc2C#N)c2nncn12. The topological polar surface area (TPSA) is 76.1 Å². The number of nitrogens with zero attached hydrogens (tertiary/aromatic N) is 5. The van der Waals surface area contributed by atoms with Crippen LogP contribution in [0.5, 0.6) is 5.75 Å². The van der Waals surface area contributed by atoms with Crippen molar-refractivity contribution in [3.05, 3.63) is 77.8 Å². The van der Waals surface area contributed by atoms with Gasteiger partial charge in [0.25, 0.3) is 0 Å². The molecule has 0 aliphatic heterocycles. The summed E-state index contributed by atoms with van der Waals surface area (Å²) in [6, 6.07) is 14.4. The second-order valence-electron chi connectivity index (χ2n) is 6.19. The summed E-state index contributed by atoms with van der Waals surface area (Å²) in [7, 11) is 1.53. The van der Waals surface area contributed by atoms with E-state index in [1.807, 2.05) is 22.6 Å². The monoisotopic (exact) mass is 373 g/mol. The molecule has 138 valence electrons. The molecule has 0 bridgehead atoms. The number of rotatable bonds is 5. The van der Waals surface area contributed by atoms with Crippen LogP contribution in [0.25, 0.3) is 16.8 Å². The lowest BCUT2D eigenvalue weighted by Gasteiger charge is -2.12. The van der Waals surface area contributed by atoms with Crippen LogP contribution in [0.4, 0.5) is 4.39 Å². The molecule has 0 amide bonds. The Balaban J connectivity index is 1.72. The van der Waals surface area contributed by atoms with E-state index in [2.05, 4.69) is 21.3 Å². The van der Waals surface area contributed by atoms with Gasteiger partial charge in [0.2, 0.25) is 0 Å². The van der Waals surface area contributed by atoms with Crippen molar-refractivity contribution in [2.75, 3.05) is 7.11 Å². The van der Waals surface area contributed by atoms with Gasteiger partial charge in [0, 0.05) is 28.6 Å². The maximum absolute atomic E-state index is 14.2. The molecule has 6 nitrogen and oxygen atoms in total. The summed E-state index contributed by atoms with van der Waals surface area (Å²) < 4.78 is 21.4. The van der Waals surface area contributed by atoms with Gasteiger partial charge in [-0.15, -0.1) is 10.2 Å². The van der Waals surface area contributed by atoms with E-state index >= 15 is 0 Å². The Hall–Kier alpha value is -3.79. The molecule has 0 saturated heterocycles. The lowest BCUT2D eigenvalue weighted by Crippen LogP contribution is -2.03. The first kappa shape index (κ1) is 17.6. The van der Waals surface area contributed by atoms with Crippen molar-refractivity contribution in [2.45, 2.75) is 12.8 Å². The molecule has 0 fully saturated rings. The molecular formula is C21H16FN5O. The highest BCUT2D eigenvalue weighted by molar-refractivity contribution is 5.80. The fraction of sp³-hybridized carbons (Fsp3) is 0.143. The van der Waals surface area contributed by atoms with E-state index in [1.165, 1.54) is 13.2 Å². The summed E-state index contributed by atoms with van der Waals surface area (Å²) in [5, 5.41) is 17.6. The number of aryl methyl sites for hydroxylation is 1. The Kier molecular flexibility index (Phi) is 4.68. The highest BCUT2D eigenvalue weighted by Gasteiger charge is 2.15. The summed E-state index contributed by atoms with van der Waals surface area (Å²) in [4.78, 5) is 4.12. The van der Waals surface area contributed by atoms with E-state index in [9.17, 15) is 9.65 Å². The molecule has 0 N–H and O–H groups in total. The standard InChI is InChI=1S/C21H16FN5O/c1-28-20-6-2-5-18(22)17(20)10-8-14-7-9-16(21-26-25-13-27(14)21)15-4-3-11-24-19(15)12-23/h2-7,9,11,13H,8,10H2,1H3. The van der Waals surface area contributed by atoms with Gasteiger partial charge in [-0.05, 0) is 49.2 Å². The zero-order chi connectivity index (χ0) is 19.5. The van der Waals surface area contributed by atoms with Crippen LogP contribution < -0.4 is 4.74 Å². The molecule has 4 aromatic rings. The second-order valence-corrected chi connectivity index (χ2v) is 6.19. The molecular weight excluding hydrogens is 357 g/mol. The van der Waals surface area contributed by atoms with Crippen molar-refractivity contribution >= 4 is 5.65 Å². The Labute approximate surface area is 160 Å². The van der Waals surface area contributed by atoms with Crippen LogP contribution in [-0.4, -0.2) is 26.7 Å². The van der Waals surface area contributed by atoms with Gasteiger partial charge in [-0.2, -0.15) is 5.26 Å². The van der Waals surface area contributed by atoms with Crippen molar-refractivity contribution in [1.82, 2.24) is 19.6 Å². The van der Waals surface area contributed by atoms with Crippen molar-refractivity contribution in [3.63, 3.8) is 0 Å². The number of ether oxygens (including phenoxy) is 1. The predicted molar refractivity (Wildman–Crippen MR) is 101 cm³/mol. The van der Waals surface area contributed by atoms with E-state index in [1.54, 1.807) is 30.7 Å². The summed E-state index contributed by atoms with van der Waals surface area (Å²) >= 11 is 0. The number of nitriles is 1. The van der Waals surface area contributed by atoms with Gasteiger partial charge in [0.05, 0.1) is 7.11 Å². The highest BCUT2D eigenvalue weighted by atomic mass is 19.1. The normalized spacial score (nSPS) is 10.8. The molecule has 0 saturated carbocycles. The number of hydrogen-bond acceptors (Lipinski definition) is 5. The van der Waals surface area contributed by atoms with Crippen molar-refractivity contribution in [1.29, 1.82) is 5.26 Å². The van der Waals surface area contributed by atoms with E-state index < -0.39 is 0 Å². The highest BCUT2D eigenvalue weighted by Crippen LogP contribution is 2.28. The fourth-order valence-electron chi connectivity index (χ4n) is 3.31. The maximum Gasteiger partial charge on any atom is 0.168 e. The lowest BCUT2D eigenvalue weighted by atomic mass is 10.0. The molecule has 0 spiro atoms. The van der Waals surface area contributed by atoms with Crippen molar-refractivity contribution < 1.29 is 9.13 Å². The van der Waals surface area contributed by atoms with E-state index in [0.717, 1.165) is 11.3 Å². The molecule has 4 rings (SSSR count). The molecule has 3 heterocycles. The Morgan fingerprint density at radius 1 is 1.11 bits per heavy atom. The van der Waals surface area contributed by atoms with E-state index in [-0.39, 0.29) is 5.82 Å². The largest absolute Gasteiger partial charge is 0.496 e. The molecule has 1 aromatic carbocycles. The van der Waals surface area contributed by atoms with Crippen molar-refractivity contribution in [2.24, 2.45) is 0 Å². The minimum Gasteiger partial charge on any atom is -0.496 e.